The van der Waals surface area contributed by atoms with Gasteiger partial charge in [-0.05, 0) is 24.3 Å². The topological polar surface area (TPSA) is 86.5 Å². The minimum atomic E-state index is -4.06. The van der Waals surface area contributed by atoms with E-state index in [0.717, 1.165) is 24.3 Å². The minimum Gasteiger partial charge on any atom is -0.378 e. The molecule has 2 heterocycles. The fourth-order valence-corrected chi connectivity index (χ4v) is 2.56. The lowest BCUT2D eigenvalue weighted by atomic mass is 10.2. The second-order valence-corrected chi connectivity index (χ2v) is 5.80. The van der Waals surface area contributed by atoms with E-state index in [-0.39, 0.29) is 17.9 Å². The fourth-order valence-electron chi connectivity index (χ4n) is 2.56. The second-order valence-electron chi connectivity index (χ2n) is 5.80. The molecule has 140 valence electrons. The van der Waals surface area contributed by atoms with Gasteiger partial charge in [-0.15, -0.1) is 0 Å². The summed E-state index contributed by atoms with van der Waals surface area (Å²) >= 11 is 0. The van der Waals surface area contributed by atoms with Gasteiger partial charge in [0.15, 0.2) is 6.23 Å². The Morgan fingerprint density at radius 1 is 1.27 bits per heavy atom. The van der Waals surface area contributed by atoms with E-state index in [4.69, 9.17) is 4.74 Å². The summed E-state index contributed by atoms with van der Waals surface area (Å²) in [6.45, 7) is 1.74. The number of aliphatic imine (C=N–C) groups is 2. The highest BCUT2D eigenvalue weighted by molar-refractivity contribution is 6.17. The van der Waals surface area contributed by atoms with Crippen LogP contribution in [0.15, 0.2) is 34.3 Å². The van der Waals surface area contributed by atoms with Crippen molar-refractivity contribution in [3.63, 3.8) is 0 Å². The molecule has 1 atom stereocenters. The minimum absolute atomic E-state index is 0.00501. The number of rotatable bonds is 3. The summed E-state index contributed by atoms with van der Waals surface area (Å²) in [5.74, 6) is -7.11. The number of amides is 1. The highest BCUT2D eigenvalue weighted by Gasteiger charge is 2.47. The van der Waals surface area contributed by atoms with Gasteiger partial charge >= 0.3 is 11.8 Å². The number of amidine groups is 2. The van der Waals surface area contributed by atoms with Crippen molar-refractivity contribution in [1.29, 1.82) is 0 Å². The van der Waals surface area contributed by atoms with Crippen molar-refractivity contribution >= 4 is 23.3 Å². The van der Waals surface area contributed by atoms with Gasteiger partial charge in [0.25, 0.3) is 0 Å². The number of aliphatic hydroxyl groups is 1. The number of nitrogens with one attached hydrogen (secondary N) is 1. The number of ether oxygens (including phenoxy) is 1. The zero-order valence-corrected chi connectivity index (χ0v) is 13.7. The Labute approximate surface area is 147 Å². The highest BCUT2D eigenvalue weighted by atomic mass is 19.3. The summed E-state index contributed by atoms with van der Waals surface area (Å²) in [6.07, 6.45) is -1.43. The van der Waals surface area contributed by atoms with Crippen LogP contribution in [0.5, 0.6) is 0 Å². The maximum atomic E-state index is 14.5. The number of carbonyl (C=O) groups excluding carboxylic acids is 1. The van der Waals surface area contributed by atoms with E-state index in [1.165, 1.54) is 0 Å². The first kappa shape index (κ1) is 18.3. The van der Waals surface area contributed by atoms with Crippen LogP contribution in [-0.4, -0.2) is 66.0 Å². The molecule has 10 heteroatoms. The molecule has 3 rings (SSSR count). The van der Waals surface area contributed by atoms with Gasteiger partial charge in [-0.2, -0.15) is 8.78 Å². The predicted molar refractivity (Wildman–Crippen MR) is 87.9 cm³/mol. The molecule has 2 aliphatic rings. The van der Waals surface area contributed by atoms with Gasteiger partial charge in [0, 0.05) is 18.8 Å². The zero-order chi connectivity index (χ0) is 18.7. The summed E-state index contributed by atoms with van der Waals surface area (Å²) in [7, 11) is 0. The van der Waals surface area contributed by atoms with Crippen LogP contribution in [0.4, 0.5) is 18.9 Å². The maximum absolute atomic E-state index is 14.5. The van der Waals surface area contributed by atoms with Crippen molar-refractivity contribution in [2.45, 2.75) is 18.6 Å². The highest BCUT2D eigenvalue weighted by Crippen LogP contribution is 2.24. The monoisotopic (exact) mass is 370 g/mol. The molecule has 2 N–H and O–H groups in total. The number of alkyl halides is 2. The molecule has 7 nitrogen and oxygen atoms in total. The molecule has 0 spiro atoms. The lowest BCUT2D eigenvalue weighted by Crippen LogP contribution is -2.47. The van der Waals surface area contributed by atoms with E-state index in [9.17, 15) is 23.1 Å². The van der Waals surface area contributed by atoms with E-state index in [0.29, 0.717) is 26.3 Å². The SMILES string of the molecule is O=C(Nc1ccc(F)cc1)C(F)(F)C1=NC(O)CC(N2CCOCC2)=N1. The van der Waals surface area contributed by atoms with Crippen molar-refractivity contribution in [2.75, 3.05) is 31.6 Å². The third-order valence-corrected chi connectivity index (χ3v) is 3.92. The number of morpholine rings is 1. The number of hydrogen-bond donors (Lipinski definition) is 2. The number of anilines is 1. The number of aliphatic hydroxyl groups excluding tert-OH is 1. The van der Waals surface area contributed by atoms with Gasteiger partial charge in [-0.1, -0.05) is 0 Å². The predicted octanol–water partition coefficient (Wildman–Crippen LogP) is 1.25. The smallest absolute Gasteiger partial charge is 0.378 e. The van der Waals surface area contributed by atoms with Crippen LogP contribution in [0.2, 0.25) is 0 Å². The van der Waals surface area contributed by atoms with E-state index >= 15 is 0 Å². The Kier molecular flexibility index (Phi) is 5.23. The molecule has 1 fully saturated rings. The van der Waals surface area contributed by atoms with E-state index in [1.54, 1.807) is 4.90 Å². The average Bonchev–Trinajstić information content (AvgIpc) is 2.63. The number of nitrogens with zero attached hydrogens (tertiary/aromatic N) is 3. The Morgan fingerprint density at radius 3 is 2.58 bits per heavy atom. The molecular formula is C16H17F3N4O3. The third-order valence-electron chi connectivity index (χ3n) is 3.92. The van der Waals surface area contributed by atoms with Gasteiger partial charge in [-0.3, -0.25) is 4.79 Å². The first-order valence-electron chi connectivity index (χ1n) is 7.97. The molecule has 1 saturated heterocycles. The lowest BCUT2D eigenvalue weighted by Gasteiger charge is -2.32. The van der Waals surface area contributed by atoms with E-state index < -0.39 is 29.7 Å². The first-order valence-corrected chi connectivity index (χ1v) is 7.97. The molecule has 2 aliphatic heterocycles. The van der Waals surface area contributed by atoms with Crippen molar-refractivity contribution in [2.24, 2.45) is 9.98 Å². The van der Waals surface area contributed by atoms with Gasteiger partial charge in [0.1, 0.15) is 11.7 Å². The number of benzene rings is 1. The first-order chi connectivity index (χ1) is 12.4. The number of halogens is 3. The average molecular weight is 370 g/mol. The summed E-state index contributed by atoms with van der Waals surface area (Å²) in [4.78, 5) is 20.9. The van der Waals surface area contributed by atoms with Crippen LogP contribution in [0.25, 0.3) is 0 Å². The number of hydrogen-bond acceptors (Lipinski definition) is 6. The van der Waals surface area contributed by atoms with Gasteiger partial charge in [0.05, 0.1) is 19.6 Å². The van der Waals surface area contributed by atoms with E-state index in [2.05, 4.69) is 9.98 Å². The molecule has 0 aliphatic carbocycles. The molecule has 1 aromatic rings. The Balaban J connectivity index is 1.78. The molecule has 0 radical (unpaired) electrons. The lowest BCUT2D eigenvalue weighted by molar-refractivity contribution is -0.131. The van der Waals surface area contributed by atoms with Crippen LogP contribution in [-0.2, 0) is 9.53 Å². The molecule has 1 unspecified atom stereocenters. The molecule has 1 aromatic carbocycles. The maximum Gasteiger partial charge on any atom is 0.382 e. The molecule has 0 aromatic heterocycles. The van der Waals surface area contributed by atoms with Crippen LogP contribution >= 0.6 is 0 Å². The van der Waals surface area contributed by atoms with Gasteiger partial charge < -0.3 is 20.1 Å². The van der Waals surface area contributed by atoms with Crippen molar-refractivity contribution in [1.82, 2.24) is 4.90 Å². The van der Waals surface area contributed by atoms with Crippen LogP contribution in [0.1, 0.15) is 6.42 Å². The van der Waals surface area contributed by atoms with Crippen molar-refractivity contribution in [3.8, 4) is 0 Å². The third kappa shape index (κ3) is 4.02. The zero-order valence-electron chi connectivity index (χ0n) is 13.7. The Morgan fingerprint density at radius 2 is 1.92 bits per heavy atom. The largest absolute Gasteiger partial charge is 0.382 e. The summed E-state index contributed by atoms with van der Waals surface area (Å²) in [5, 5.41) is 11.8. The Bertz CT molecular complexity index is 731. The summed E-state index contributed by atoms with van der Waals surface area (Å²) in [6, 6.07) is 4.38. The molecule has 1 amide bonds. The Hall–Kier alpha value is -2.46. The molecule has 0 saturated carbocycles. The van der Waals surface area contributed by atoms with Crippen LogP contribution in [0, 0.1) is 5.82 Å². The van der Waals surface area contributed by atoms with Crippen LogP contribution in [0.3, 0.4) is 0 Å². The summed E-state index contributed by atoms with van der Waals surface area (Å²) in [5.41, 5.74) is 0.00501. The van der Waals surface area contributed by atoms with Crippen molar-refractivity contribution in [3.05, 3.63) is 30.1 Å². The van der Waals surface area contributed by atoms with Crippen molar-refractivity contribution < 1.29 is 27.8 Å². The summed E-state index contributed by atoms with van der Waals surface area (Å²) < 4.78 is 47.1. The van der Waals surface area contributed by atoms with E-state index in [1.807, 2.05) is 5.32 Å². The second kappa shape index (κ2) is 7.42. The normalized spacial score (nSPS) is 21.1. The fraction of sp³-hybridized carbons (Fsp3) is 0.438. The molecule has 0 bridgehead atoms. The molecular weight excluding hydrogens is 353 g/mol. The number of carbonyl (C=O) groups is 1. The van der Waals surface area contributed by atoms with Gasteiger partial charge in [-0.25, -0.2) is 14.4 Å². The quantitative estimate of drug-likeness (QED) is 0.839. The standard InChI is InChI=1S/C16H17F3N4O3/c17-10-1-3-11(4-2-10)20-15(25)16(18,19)14-21-12(9-13(24)22-14)23-5-7-26-8-6-23/h1-4,13,24H,5-9H2,(H,20,25). The van der Waals surface area contributed by atoms with Crippen LogP contribution < -0.4 is 5.32 Å². The molecule has 26 heavy (non-hydrogen) atoms. The van der Waals surface area contributed by atoms with Gasteiger partial charge in [0.2, 0.25) is 5.84 Å².